The van der Waals surface area contributed by atoms with Gasteiger partial charge in [-0.25, -0.2) is 15.0 Å². The molecule has 3 aromatic rings. The highest BCUT2D eigenvalue weighted by Crippen LogP contribution is 2.34. The predicted octanol–water partition coefficient (Wildman–Crippen LogP) is 3.00. The number of carbonyl (C=O) groups excluding carboxylic acids is 2. The SMILES string of the molecule is CC(=O)N1CCCN(C(=O)c2cnc(-c3ncccn3)s2)c2ccccc21. The van der Waals surface area contributed by atoms with Crippen molar-refractivity contribution in [1.82, 2.24) is 15.0 Å². The van der Waals surface area contributed by atoms with E-state index in [2.05, 4.69) is 15.0 Å². The lowest BCUT2D eigenvalue weighted by Crippen LogP contribution is -2.30. The van der Waals surface area contributed by atoms with Crippen LogP contribution in [0.3, 0.4) is 0 Å². The first-order valence-electron chi connectivity index (χ1n) is 8.57. The number of fused-ring (bicyclic) bond motifs is 1. The first-order chi connectivity index (χ1) is 13.1. The highest BCUT2D eigenvalue weighted by Gasteiger charge is 2.28. The average molecular weight is 379 g/mol. The third kappa shape index (κ3) is 3.31. The fraction of sp³-hybridized carbons (Fsp3) is 0.211. The van der Waals surface area contributed by atoms with E-state index in [1.54, 1.807) is 41.4 Å². The van der Waals surface area contributed by atoms with Crippen LogP contribution in [0.1, 0.15) is 23.0 Å². The molecule has 2 amide bonds. The second kappa shape index (κ2) is 7.24. The summed E-state index contributed by atoms with van der Waals surface area (Å²) in [6, 6.07) is 9.23. The highest BCUT2D eigenvalue weighted by molar-refractivity contribution is 7.17. The van der Waals surface area contributed by atoms with Gasteiger partial charge in [-0.3, -0.25) is 9.59 Å². The van der Waals surface area contributed by atoms with Gasteiger partial charge in [-0.2, -0.15) is 0 Å². The van der Waals surface area contributed by atoms with Gasteiger partial charge in [0.05, 0.1) is 17.6 Å². The van der Waals surface area contributed by atoms with Crippen molar-refractivity contribution in [3.63, 3.8) is 0 Å². The van der Waals surface area contributed by atoms with Gasteiger partial charge in [0.25, 0.3) is 5.91 Å². The summed E-state index contributed by atoms with van der Waals surface area (Å²) in [6.45, 7) is 2.67. The van der Waals surface area contributed by atoms with E-state index in [4.69, 9.17) is 0 Å². The van der Waals surface area contributed by atoms with Crippen LogP contribution in [0.15, 0.2) is 48.9 Å². The summed E-state index contributed by atoms with van der Waals surface area (Å²) in [5, 5.41) is 0.604. The normalized spacial score (nSPS) is 13.8. The molecule has 0 atom stereocenters. The number of aromatic nitrogens is 3. The first kappa shape index (κ1) is 17.3. The number of carbonyl (C=O) groups is 2. The van der Waals surface area contributed by atoms with Gasteiger partial charge in [0.15, 0.2) is 10.8 Å². The maximum Gasteiger partial charge on any atom is 0.270 e. The van der Waals surface area contributed by atoms with Crippen LogP contribution >= 0.6 is 11.3 Å². The molecule has 0 aliphatic carbocycles. The second-order valence-corrected chi connectivity index (χ2v) is 7.10. The molecule has 8 heteroatoms. The molecular weight excluding hydrogens is 362 g/mol. The zero-order valence-electron chi connectivity index (χ0n) is 14.7. The summed E-state index contributed by atoms with van der Waals surface area (Å²) >= 11 is 1.27. The average Bonchev–Trinajstić information content (AvgIpc) is 3.10. The molecule has 1 aromatic carbocycles. The molecule has 0 saturated carbocycles. The molecule has 0 saturated heterocycles. The number of anilines is 2. The number of benzene rings is 1. The van der Waals surface area contributed by atoms with Gasteiger partial charge in [-0.1, -0.05) is 12.1 Å². The Morgan fingerprint density at radius 1 is 0.963 bits per heavy atom. The summed E-state index contributed by atoms with van der Waals surface area (Å²) in [5.41, 5.74) is 1.49. The summed E-state index contributed by atoms with van der Waals surface area (Å²) in [5.74, 6) is 0.339. The lowest BCUT2D eigenvalue weighted by molar-refractivity contribution is -0.116. The molecule has 27 heavy (non-hydrogen) atoms. The van der Waals surface area contributed by atoms with Crippen LogP contribution in [0.4, 0.5) is 11.4 Å². The quantitative estimate of drug-likeness (QED) is 0.684. The molecule has 7 nitrogen and oxygen atoms in total. The van der Waals surface area contributed by atoms with Crippen LogP contribution in [-0.2, 0) is 4.79 Å². The van der Waals surface area contributed by atoms with Gasteiger partial charge in [-0.05, 0) is 24.6 Å². The van der Waals surface area contributed by atoms with Gasteiger partial charge < -0.3 is 9.80 Å². The number of hydrogen-bond donors (Lipinski definition) is 0. The molecule has 4 rings (SSSR count). The zero-order chi connectivity index (χ0) is 18.8. The molecule has 1 aliphatic rings. The minimum atomic E-state index is -0.132. The van der Waals surface area contributed by atoms with E-state index in [-0.39, 0.29) is 11.8 Å². The fourth-order valence-corrected chi connectivity index (χ4v) is 3.92. The number of para-hydroxylation sites is 2. The Balaban J connectivity index is 1.68. The Labute approximate surface area is 160 Å². The lowest BCUT2D eigenvalue weighted by Gasteiger charge is -2.24. The van der Waals surface area contributed by atoms with Crippen LogP contribution in [0.25, 0.3) is 10.8 Å². The molecule has 1 aliphatic heterocycles. The van der Waals surface area contributed by atoms with E-state index < -0.39 is 0 Å². The smallest absolute Gasteiger partial charge is 0.270 e. The summed E-state index contributed by atoms with van der Waals surface area (Å²) in [7, 11) is 0. The van der Waals surface area contributed by atoms with Crippen molar-refractivity contribution < 1.29 is 9.59 Å². The maximum absolute atomic E-state index is 13.2. The van der Waals surface area contributed by atoms with Crippen LogP contribution in [0, 0.1) is 0 Å². The molecule has 0 radical (unpaired) electrons. The van der Waals surface area contributed by atoms with Crippen molar-refractivity contribution in [2.45, 2.75) is 13.3 Å². The van der Waals surface area contributed by atoms with Crippen molar-refractivity contribution in [2.75, 3.05) is 22.9 Å². The van der Waals surface area contributed by atoms with Crippen molar-refractivity contribution in [3.8, 4) is 10.8 Å². The lowest BCUT2D eigenvalue weighted by atomic mass is 10.2. The van der Waals surface area contributed by atoms with E-state index in [9.17, 15) is 9.59 Å². The predicted molar refractivity (Wildman–Crippen MR) is 104 cm³/mol. The van der Waals surface area contributed by atoms with E-state index in [1.807, 2.05) is 24.3 Å². The van der Waals surface area contributed by atoms with Gasteiger partial charge in [0.1, 0.15) is 4.88 Å². The Kier molecular flexibility index (Phi) is 4.64. The van der Waals surface area contributed by atoms with E-state index in [0.29, 0.717) is 35.2 Å². The summed E-state index contributed by atoms with van der Waals surface area (Å²) in [6.07, 6.45) is 5.56. The summed E-state index contributed by atoms with van der Waals surface area (Å²) in [4.78, 5) is 41.8. The van der Waals surface area contributed by atoms with E-state index in [0.717, 1.165) is 11.4 Å². The number of thiazole rings is 1. The van der Waals surface area contributed by atoms with Crippen LogP contribution in [0.2, 0.25) is 0 Å². The second-order valence-electron chi connectivity index (χ2n) is 6.07. The monoisotopic (exact) mass is 379 g/mol. The third-order valence-corrected chi connectivity index (χ3v) is 5.31. The largest absolute Gasteiger partial charge is 0.311 e. The van der Waals surface area contributed by atoms with Crippen molar-refractivity contribution >= 4 is 34.5 Å². The third-order valence-electron chi connectivity index (χ3n) is 4.33. The Hall–Kier alpha value is -3.13. The first-order valence-corrected chi connectivity index (χ1v) is 9.39. The standard InChI is InChI=1S/C19H17N5O2S/c1-13(25)23-10-5-11-24(15-7-3-2-6-14(15)23)19(26)16-12-22-18(27-16)17-20-8-4-9-21-17/h2-4,6-9,12H,5,10-11H2,1H3. The molecule has 0 fully saturated rings. The van der Waals surface area contributed by atoms with E-state index >= 15 is 0 Å². The Morgan fingerprint density at radius 2 is 1.63 bits per heavy atom. The number of hydrogen-bond acceptors (Lipinski definition) is 6. The fourth-order valence-electron chi connectivity index (χ4n) is 3.11. The van der Waals surface area contributed by atoms with Crippen molar-refractivity contribution in [3.05, 3.63) is 53.8 Å². The maximum atomic E-state index is 13.2. The van der Waals surface area contributed by atoms with Gasteiger partial charge >= 0.3 is 0 Å². The molecule has 136 valence electrons. The van der Waals surface area contributed by atoms with Gasteiger partial charge in [-0.15, -0.1) is 11.3 Å². The number of rotatable bonds is 2. The topological polar surface area (TPSA) is 79.3 Å². The van der Waals surface area contributed by atoms with Crippen LogP contribution < -0.4 is 9.80 Å². The minimum absolute atomic E-state index is 0.0296. The molecule has 2 aromatic heterocycles. The van der Waals surface area contributed by atoms with Gasteiger partial charge in [0, 0.05) is 32.4 Å². The molecule has 0 spiro atoms. The summed E-state index contributed by atoms with van der Waals surface area (Å²) < 4.78 is 0. The minimum Gasteiger partial charge on any atom is -0.311 e. The van der Waals surface area contributed by atoms with Crippen molar-refractivity contribution in [2.24, 2.45) is 0 Å². The molecule has 0 bridgehead atoms. The molecule has 0 unspecified atom stereocenters. The number of amides is 2. The van der Waals surface area contributed by atoms with Crippen LogP contribution in [-0.4, -0.2) is 39.9 Å². The molecule has 3 heterocycles. The Bertz CT molecular complexity index is 989. The Morgan fingerprint density at radius 3 is 2.33 bits per heavy atom. The molecular formula is C19H17N5O2S. The van der Waals surface area contributed by atoms with Crippen molar-refractivity contribution in [1.29, 1.82) is 0 Å². The highest BCUT2D eigenvalue weighted by atomic mass is 32.1. The van der Waals surface area contributed by atoms with Crippen LogP contribution in [0.5, 0.6) is 0 Å². The zero-order valence-corrected chi connectivity index (χ0v) is 15.5. The number of nitrogens with zero attached hydrogens (tertiary/aromatic N) is 5. The van der Waals surface area contributed by atoms with Gasteiger partial charge in [0.2, 0.25) is 5.91 Å². The van der Waals surface area contributed by atoms with E-state index in [1.165, 1.54) is 11.3 Å². The molecule has 0 N–H and O–H groups in total.